The summed E-state index contributed by atoms with van der Waals surface area (Å²) in [5.41, 5.74) is 4.57. The van der Waals surface area contributed by atoms with Gasteiger partial charge in [0.1, 0.15) is 8.07 Å². The Hall–Kier alpha value is -0.583. The predicted octanol–water partition coefficient (Wildman–Crippen LogP) is 3.09. The van der Waals surface area contributed by atoms with Crippen molar-refractivity contribution in [3.8, 4) is 11.5 Å². The molecule has 0 fully saturated rings. The molecule has 1 unspecified atom stereocenters. The van der Waals surface area contributed by atoms with Crippen LogP contribution in [0.4, 0.5) is 0 Å². The van der Waals surface area contributed by atoms with E-state index in [1.165, 1.54) is 0 Å². The molecule has 1 aromatic heterocycles. The molecule has 1 atom stereocenters. The lowest BCUT2D eigenvalue weighted by Gasteiger charge is -2.15. The van der Waals surface area contributed by atoms with E-state index in [2.05, 4.69) is 53.7 Å². The molecule has 0 saturated heterocycles. The average molecular weight is 403 g/mol. The average Bonchev–Trinajstić information content (AvgIpc) is 2.35. The van der Waals surface area contributed by atoms with Gasteiger partial charge in [-0.1, -0.05) is 32.5 Å². The molecule has 0 aliphatic heterocycles. The van der Waals surface area contributed by atoms with Gasteiger partial charge in [0.25, 0.3) is 5.56 Å². The van der Waals surface area contributed by atoms with E-state index < -0.39 is 14.2 Å². The van der Waals surface area contributed by atoms with Gasteiger partial charge in [-0.3, -0.25) is 9.36 Å². The Balaban J connectivity index is 3.21. The highest BCUT2D eigenvalue weighted by molar-refractivity contribution is 14.1. The second-order valence-corrected chi connectivity index (χ2v) is 11.8. The van der Waals surface area contributed by atoms with Crippen LogP contribution in [0.3, 0.4) is 0 Å². The second-order valence-electron chi connectivity index (χ2n) is 5.91. The van der Waals surface area contributed by atoms with Crippen LogP contribution in [-0.2, 0) is 6.54 Å². The molecule has 5 heteroatoms. The fourth-order valence-corrected chi connectivity index (χ4v) is 3.17. The first-order valence-electron chi connectivity index (χ1n) is 6.75. The summed E-state index contributed by atoms with van der Waals surface area (Å²) in [4.78, 5) is 12.4. The predicted molar refractivity (Wildman–Crippen MR) is 94.5 cm³/mol. The van der Waals surface area contributed by atoms with E-state index in [1.807, 2.05) is 13.0 Å². The standard InChI is InChI=1S/C15H22INO2Si/c1-6-13(18)12-10-14(16)17(15(19)11(12)2)8-7-9-20(3,4)5/h10,13,18H,6,8H2,1-5H3. The third kappa shape index (κ3) is 4.47. The van der Waals surface area contributed by atoms with Gasteiger partial charge in [-0.15, -0.1) is 5.54 Å². The van der Waals surface area contributed by atoms with Crippen molar-refractivity contribution in [2.24, 2.45) is 0 Å². The Morgan fingerprint density at radius 1 is 1.45 bits per heavy atom. The molecule has 0 bridgehead atoms. The Kier molecular flexibility index (Phi) is 6.04. The normalized spacial score (nSPS) is 12.8. The smallest absolute Gasteiger partial charge is 0.255 e. The minimum atomic E-state index is -1.41. The molecular weight excluding hydrogens is 381 g/mol. The van der Waals surface area contributed by atoms with Crippen molar-refractivity contribution < 1.29 is 5.11 Å². The van der Waals surface area contributed by atoms with Crippen LogP contribution in [0.5, 0.6) is 0 Å². The Morgan fingerprint density at radius 2 is 2.05 bits per heavy atom. The zero-order valence-electron chi connectivity index (χ0n) is 12.7. The first-order valence-corrected chi connectivity index (χ1v) is 11.3. The number of aliphatic hydroxyl groups is 1. The lowest BCUT2D eigenvalue weighted by Crippen LogP contribution is -2.27. The van der Waals surface area contributed by atoms with Gasteiger partial charge < -0.3 is 5.11 Å². The summed E-state index contributed by atoms with van der Waals surface area (Å²) in [6.07, 6.45) is 0.0365. The topological polar surface area (TPSA) is 42.2 Å². The fraction of sp³-hybridized carbons (Fsp3) is 0.533. The Morgan fingerprint density at radius 3 is 2.55 bits per heavy atom. The van der Waals surface area contributed by atoms with E-state index in [9.17, 15) is 9.90 Å². The molecule has 0 aliphatic rings. The monoisotopic (exact) mass is 403 g/mol. The van der Waals surface area contributed by atoms with Gasteiger partial charge in [-0.2, -0.15) is 0 Å². The Bertz CT molecular complexity index is 605. The molecule has 1 heterocycles. The maximum Gasteiger partial charge on any atom is 0.255 e. The van der Waals surface area contributed by atoms with Crippen LogP contribution < -0.4 is 5.56 Å². The number of hydrogen-bond donors (Lipinski definition) is 1. The zero-order valence-corrected chi connectivity index (χ0v) is 15.9. The van der Waals surface area contributed by atoms with Crippen LogP contribution in [0, 0.1) is 22.1 Å². The number of halogens is 1. The van der Waals surface area contributed by atoms with E-state index in [-0.39, 0.29) is 5.56 Å². The SMILES string of the molecule is CCC(O)c1cc(I)n(CC#C[Si](C)(C)C)c(=O)c1C. The summed E-state index contributed by atoms with van der Waals surface area (Å²) in [6.45, 7) is 10.6. The lowest BCUT2D eigenvalue weighted by atomic mass is 10.0. The molecular formula is C15H22INO2Si. The molecule has 0 saturated carbocycles. The number of rotatable bonds is 3. The third-order valence-electron chi connectivity index (χ3n) is 2.98. The van der Waals surface area contributed by atoms with Gasteiger partial charge in [0.05, 0.1) is 16.3 Å². The highest BCUT2D eigenvalue weighted by atomic mass is 127. The quantitative estimate of drug-likeness (QED) is 0.365. The summed E-state index contributed by atoms with van der Waals surface area (Å²) < 4.78 is 2.50. The van der Waals surface area contributed by atoms with Crippen LogP contribution in [0.25, 0.3) is 0 Å². The molecule has 20 heavy (non-hydrogen) atoms. The van der Waals surface area contributed by atoms with Crippen molar-refractivity contribution in [3.05, 3.63) is 31.2 Å². The van der Waals surface area contributed by atoms with Gasteiger partial charge >= 0.3 is 0 Å². The fourth-order valence-electron chi connectivity index (χ4n) is 1.83. The van der Waals surface area contributed by atoms with Crippen LogP contribution in [0.2, 0.25) is 19.6 Å². The molecule has 0 aromatic carbocycles. The molecule has 1 aromatic rings. The summed E-state index contributed by atoms with van der Waals surface area (Å²) in [5, 5.41) is 9.96. The molecule has 0 radical (unpaired) electrons. The lowest BCUT2D eigenvalue weighted by molar-refractivity contribution is 0.172. The molecule has 1 N–H and O–H groups in total. The van der Waals surface area contributed by atoms with Crippen LogP contribution in [0.15, 0.2) is 10.9 Å². The van der Waals surface area contributed by atoms with Crippen molar-refractivity contribution >= 4 is 30.7 Å². The van der Waals surface area contributed by atoms with Crippen LogP contribution in [0.1, 0.15) is 30.6 Å². The molecule has 3 nitrogen and oxygen atoms in total. The van der Waals surface area contributed by atoms with E-state index in [0.29, 0.717) is 18.5 Å². The van der Waals surface area contributed by atoms with E-state index in [4.69, 9.17) is 0 Å². The molecule has 110 valence electrons. The molecule has 1 rings (SSSR count). The van der Waals surface area contributed by atoms with Crippen molar-refractivity contribution in [1.82, 2.24) is 4.57 Å². The first kappa shape index (κ1) is 17.5. The second kappa shape index (κ2) is 6.92. The highest BCUT2D eigenvalue weighted by Gasteiger charge is 2.15. The van der Waals surface area contributed by atoms with Gasteiger partial charge in [0, 0.05) is 5.56 Å². The van der Waals surface area contributed by atoms with Gasteiger partial charge in [0.15, 0.2) is 0 Å². The minimum Gasteiger partial charge on any atom is -0.388 e. The minimum absolute atomic E-state index is 0.0516. The van der Waals surface area contributed by atoms with Gasteiger partial charge in [-0.05, 0) is 47.6 Å². The summed E-state index contributed by atoms with van der Waals surface area (Å²) in [5.74, 6) is 3.12. The number of nitrogens with zero attached hydrogens (tertiary/aromatic N) is 1. The zero-order chi connectivity index (χ0) is 15.5. The Labute approximate surface area is 135 Å². The van der Waals surface area contributed by atoms with Gasteiger partial charge in [-0.25, -0.2) is 0 Å². The van der Waals surface area contributed by atoms with E-state index >= 15 is 0 Å². The largest absolute Gasteiger partial charge is 0.388 e. The third-order valence-corrected chi connectivity index (χ3v) is 4.80. The number of aromatic nitrogens is 1. The highest BCUT2D eigenvalue weighted by Crippen LogP contribution is 2.20. The summed E-state index contributed by atoms with van der Waals surface area (Å²) in [7, 11) is -1.41. The van der Waals surface area contributed by atoms with Crippen LogP contribution in [-0.4, -0.2) is 17.7 Å². The summed E-state index contributed by atoms with van der Waals surface area (Å²) >= 11 is 2.13. The number of pyridine rings is 1. The van der Waals surface area contributed by atoms with E-state index in [1.54, 1.807) is 11.5 Å². The first-order chi connectivity index (χ1) is 9.17. The van der Waals surface area contributed by atoms with Crippen molar-refractivity contribution in [2.75, 3.05) is 0 Å². The van der Waals surface area contributed by atoms with Crippen molar-refractivity contribution in [2.45, 2.75) is 52.6 Å². The molecule has 0 amide bonds. The maximum absolute atomic E-state index is 12.4. The van der Waals surface area contributed by atoms with Gasteiger partial charge in [0.2, 0.25) is 0 Å². The maximum atomic E-state index is 12.4. The molecule has 0 aliphatic carbocycles. The van der Waals surface area contributed by atoms with E-state index in [0.717, 1.165) is 9.26 Å². The number of hydrogen-bond acceptors (Lipinski definition) is 2. The van der Waals surface area contributed by atoms with Crippen LogP contribution >= 0.6 is 22.6 Å². The summed E-state index contributed by atoms with van der Waals surface area (Å²) in [6, 6.07) is 1.89. The van der Waals surface area contributed by atoms with Crippen molar-refractivity contribution in [3.63, 3.8) is 0 Å². The number of aliphatic hydroxyl groups excluding tert-OH is 1. The molecule has 0 spiro atoms. The van der Waals surface area contributed by atoms with Crippen molar-refractivity contribution in [1.29, 1.82) is 0 Å².